The van der Waals surface area contributed by atoms with Crippen LogP contribution in [0.15, 0.2) is 54.9 Å². The molecule has 9 nitrogen and oxygen atoms in total. The summed E-state index contributed by atoms with van der Waals surface area (Å²) < 4.78 is 20.3. The van der Waals surface area contributed by atoms with Gasteiger partial charge in [-0.15, -0.1) is 0 Å². The number of aromatic hydroxyl groups is 1. The summed E-state index contributed by atoms with van der Waals surface area (Å²) in [6.45, 7) is 0.0118. The second-order valence-electron chi connectivity index (χ2n) is 6.34. The van der Waals surface area contributed by atoms with E-state index >= 15 is 0 Å². The van der Waals surface area contributed by atoms with E-state index in [9.17, 15) is 14.3 Å². The second kappa shape index (κ2) is 8.03. The van der Waals surface area contributed by atoms with E-state index in [4.69, 9.17) is 0 Å². The van der Waals surface area contributed by atoms with Gasteiger partial charge in [0.25, 0.3) is 0 Å². The van der Waals surface area contributed by atoms with Gasteiger partial charge in [-0.1, -0.05) is 6.07 Å². The first-order valence-electron chi connectivity index (χ1n) is 8.90. The van der Waals surface area contributed by atoms with E-state index in [2.05, 4.69) is 30.4 Å². The van der Waals surface area contributed by atoms with Crippen molar-refractivity contribution < 1.29 is 19.0 Å². The number of fused-ring (bicyclic) bond motifs is 1. The zero-order valence-electron chi connectivity index (χ0n) is 15.8. The van der Waals surface area contributed by atoms with E-state index in [1.165, 1.54) is 23.9 Å². The van der Waals surface area contributed by atoms with Crippen LogP contribution in [-0.2, 0) is 16.1 Å². The third-order valence-electron chi connectivity index (χ3n) is 4.26. The van der Waals surface area contributed by atoms with E-state index in [0.717, 1.165) is 17.1 Å². The molecule has 2 heterocycles. The molecule has 0 atom stereocenters. The highest BCUT2D eigenvalue weighted by Gasteiger charge is 2.11. The van der Waals surface area contributed by atoms with Crippen molar-refractivity contribution in [3.63, 3.8) is 0 Å². The quantitative estimate of drug-likeness (QED) is 0.416. The molecule has 0 saturated heterocycles. The molecule has 3 N–H and O–H groups in total. The number of halogens is 1. The van der Waals surface area contributed by atoms with Crippen molar-refractivity contribution >= 4 is 40.0 Å². The van der Waals surface area contributed by atoms with E-state index in [1.807, 2.05) is 6.07 Å². The van der Waals surface area contributed by atoms with Crippen LogP contribution in [0, 0.1) is 5.82 Å². The maximum absolute atomic E-state index is 14.1. The Kier molecular flexibility index (Phi) is 5.12. The van der Waals surface area contributed by atoms with E-state index in [0.29, 0.717) is 11.4 Å². The molecule has 2 aromatic carbocycles. The number of phenolic OH excluding ortho intramolecular Hbond substituents is 1. The van der Waals surface area contributed by atoms with E-state index in [-0.39, 0.29) is 24.1 Å². The Bertz CT molecular complexity index is 1230. The number of rotatable bonds is 6. The number of ether oxygens (including phenoxy) is 1. The molecule has 0 radical (unpaired) electrons. The minimum absolute atomic E-state index is 0.0118. The molecule has 30 heavy (non-hydrogen) atoms. The number of esters is 1. The van der Waals surface area contributed by atoms with Gasteiger partial charge in [0, 0.05) is 22.8 Å². The normalized spacial score (nSPS) is 10.7. The summed E-state index contributed by atoms with van der Waals surface area (Å²) in [7, 11) is 1.32. The number of benzene rings is 2. The summed E-state index contributed by atoms with van der Waals surface area (Å²) in [5, 5.41) is 20.4. The molecule has 0 saturated carbocycles. The number of nitrogens with one attached hydrogen (secondary N) is 2. The smallest absolute Gasteiger partial charge is 0.327 e. The first kappa shape index (κ1) is 19.1. The lowest BCUT2D eigenvalue weighted by Gasteiger charge is -2.10. The lowest BCUT2D eigenvalue weighted by Crippen LogP contribution is -2.12. The van der Waals surface area contributed by atoms with Gasteiger partial charge in [0.15, 0.2) is 11.6 Å². The van der Waals surface area contributed by atoms with Crippen molar-refractivity contribution in [1.29, 1.82) is 0 Å². The fraction of sp³-hybridized carbons (Fsp3) is 0.100. The average molecular weight is 408 g/mol. The van der Waals surface area contributed by atoms with Crippen LogP contribution in [0.4, 0.5) is 27.5 Å². The largest absolute Gasteiger partial charge is 0.508 e. The maximum Gasteiger partial charge on any atom is 0.327 e. The highest BCUT2D eigenvalue weighted by atomic mass is 19.1. The number of phenols is 1. The standard InChI is InChI=1S/C20H17FN6O3/c1-30-18(29)11-27-17-6-5-14(7-12(17)9-23-27)25-20-22-10-16(21)19(26-20)24-13-3-2-4-15(28)8-13/h2-10,28H,11H2,1H3,(H2,22,24,25,26). The molecule has 0 fully saturated rings. The fourth-order valence-corrected chi connectivity index (χ4v) is 2.84. The lowest BCUT2D eigenvalue weighted by atomic mass is 10.2. The minimum Gasteiger partial charge on any atom is -0.508 e. The molecule has 10 heteroatoms. The second-order valence-corrected chi connectivity index (χ2v) is 6.34. The van der Waals surface area contributed by atoms with Crippen molar-refractivity contribution in [3.05, 3.63) is 60.7 Å². The molecule has 0 amide bonds. The molecule has 0 unspecified atom stereocenters. The topological polar surface area (TPSA) is 114 Å². The fourth-order valence-electron chi connectivity index (χ4n) is 2.84. The number of anilines is 4. The minimum atomic E-state index is -0.636. The van der Waals surface area contributed by atoms with Gasteiger partial charge in [-0.05, 0) is 30.3 Å². The summed E-state index contributed by atoms with van der Waals surface area (Å²) >= 11 is 0. The Morgan fingerprint density at radius 3 is 2.80 bits per heavy atom. The highest BCUT2D eigenvalue weighted by Crippen LogP contribution is 2.24. The van der Waals surface area contributed by atoms with Gasteiger partial charge in [0.1, 0.15) is 12.3 Å². The summed E-state index contributed by atoms with van der Waals surface area (Å²) in [6.07, 6.45) is 2.68. The van der Waals surface area contributed by atoms with E-state index in [1.54, 1.807) is 30.5 Å². The number of hydrogen-bond acceptors (Lipinski definition) is 8. The summed E-state index contributed by atoms with van der Waals surface area (Å²) in [4.78, 5) is 19.6. The summed E-state index contributed by atoms with van der Waals surface area (Å²) in [6, 6.07) is 11.6. The van der Waals surface area contributed by atoms with Crippen molar-refractivity contribution in [2.45, 2.75) is 6.54 Å². The Hall–Kier alpha value is -4.21. The highest BCUT2D eigenvalue weighted by molar-refractivity contribution is 5.84. The molecule has 0 bridgehead atoms. The van der Waals surface area contributed by atoms with Crippen LogP contribution in [0.5, 0.6) is 5.75 Å². The SMILES string of the molecule is COC(=O)Cn1ncc2cc(Nc3ncc(F)c(Nc4cccc(O)c4)n3)ccc21. The van der Waals surface area contributed by atoms with Gasteiger partial charge >= 0.3 is 5.97 Å². The zero-order valence-corrected chi connectivity index (χ0v) is 15.8. The van der Waals surface area contributed by atoms with E-state index < -0.39 is 11.8 Å². The molecule has 0 aliphatic carbocycles. The molecule has 152 valence electrons. The van der Waals surface area contributed by atoms with Crippen LogP contribution >= 0.6 is 0 Å². The van der Waals surface area contributed by atoms with Gasteiger partial charge < -0.3 is 20.5 Å². The zero-order chi connectivity index (χ0) is 21.1. The first-order chi connectivity index (χ1) is 14.5. The number of nitrogens with zero attached hydrogens (tertiary/aromatic N) is 4. The third kappa shape index (κ3) is 4.12. The molecule has 2 aromatic heterocycles. The van der Waals surface area contributed by atoms with Crippen molar-refractivity contribution in [2.24, 2.45) is 0 Å². The van der Waals surface area contributed by atoms with Gasteiger partial charge in [-0.3, -0.25) is 9.48 Å². The van der Waals surface area contributed by atoms with Gasteiger partial charge in [0.05, 0.1) is 25.0 Å². The van der Waals surface area contributed by atoms with Gasteiger partial charge in [-0.2, -0.15) is 10.1 Å². The Morgan fingerprint density at radius 1 is 1.17 bits per heavy atom. The summed E-state index contributed by atoms with van der Waals surface area (Å²) in [5.74, 6) is -0.837. The molecule has 0 spiro atoms. The van der Waals surface area contributed by atoms with Crippen LogP contribution in [0.3, 0.4) is 0 Å². The number of carbonyl (C=O) groups excluding carboxylic acids is 1. The Morgan fingerprint density at radius 2 is 2.00 bits per heavy atom. The molecular weight excluding hydrogens is 391 g/mol. The number of methoxy groups -OCH3 is 1. The van der Waals surface area contributed by atoms with Gasteiger partial charge in [0.2, 0.25) is 5.95 Å². The number of hydrogen-bond donors (Lipinski definition) is 3. The summed E-state index contributed by atoms with van der Waals surface area (Å²) in [5.41, 5.74) is 1.91. The monoisotopic (exact) mass is 408 g/mol. The van der Waals surface area contributed by atoms with Crippen LogP contribution in [0.2, 0.25) is 0 Å². The molecule has 4 rings (SSSR count). The van der Waals surface area contributed by atoms with Crippen molar-refractivity contribution in [2.75, 3.05) is 17.7 Å². The van der Waals surface area contributed by atoms with Crippen LogP contribution in [0.1, 0.15) is 0 Å². The predicted molar refractivity (Wildman–Crippen MR) is 108 cm³/mol. The number of carbonyl (C=O) groups is 1. The van der Waals surface area contributed by atoms with Gasteiger partial charge in [-0.25, -0.2) is 9.37 Å². The molecule has 0 aliphatic rings. The molecule has 4 aromatic rings. The first-order valence-corrected chi connectivity index (χ1v) is 8.90. The Balaban J connectivity index is 1.55. The maximum atomic E-state index is 14.1. The average Bonchev–Trinajstić information content (AvgIpc) is 3.12. The van der Waals surface area contributed by atoms with Crippen LogP contribution in [0.25, 0.3) is 10.9 Å². The third-order valence-corrected chi connectivity index (χ3v) is 4.26. The van der Waals surface area contributed by atoms with Crippen molar-refractivity contribution in [3.8, 4) is 5.75 Å². The predicted octanol–water partition coefficient (Wildman–Crippen LogP) is 3.33. The van der Waals surface area contributed by atoms with Crippen molar-refractivity contribution in [1.82, 2.24) is 19.7 Å². The Labute approximate surface area is 170 Å². The molecular formula is C20H17FN6O3. The number of aromatic nitrogens is 4. The van der Waals surface area contributed by atoms with Crippen LogP contribution in [-0.4, -0.2) is 37.9 Å². The lowest BCUT2D eigenvalue weighted by molar-refractivity contribution is -0.141. The van der Waals surface area contributed by atoms with Crippen LogP contribution < -0.4 is 10.6 Å². The molecule has 0 aliphatic heterocycles.